The minimum absolute atomic E-state index is 0.538. The van der Waals surface area contributed by atoms with Gasteiger partial charge in [-0.05, 0) is 37.1 Å². The van der Waals surface area contributed by atoms with Gasteiger partial charge < -0.3 is 5.11 Å². The lowest BCUT2D eigenvalue weighted by Crippen LogP contribution is -2.13. The first-order valence-electron chi connectivity index (χ1n) is 7.05. The molecule has 0 spiro atoms. The van der Waals surface area contributed by atoms with E-state index in [9.17, 15) is 9.32 Å². The summed E-state index contributed by atoms with van der Waals surface area (Å²) in [7, 11) is -1.35. The second-order valence-electron chi connectivity index (χ2n) is 4.96. The summed E-state index contributed by atoms with van der Waals surface area (Å²) in [6, 6.07) is 17.2. The number of hydrogen-bond donors (Lipinski definition) is 1. The van der Waals surface area contributed by atoms with Gasteiger partial charge in [-0.25, -0.2) is 4.21 Å². The van der Waals surface area contributed by atoms with Crippen LogP contribution >= 0.6 is 0 Å². The maximum absolute atomic E-state index is 12.7. The Kier molecular flexibility index (Phi) is 5.48. The Morgan fingerprint density at radius 2 is 1.76 bits per heavy atom. The second-order valence-corrected chi connectivity index (χ2v) is 6.44. The Hall–Kier alpha value is -1.71. The summed E-state index contributed by atoms with van der Waals surface area (Å²) in [5.74, 6) is 0. The van der Waals surface area contributed by atoms with Crippen molar-refractivity contribution >= 4 is 16.9 Å². The van der Waals surface area contributed by atoms with Crippen LogP contribution in [0, 0.1) is 6.92 Å². The van der Waals surface area contributed by atoms with Crippen molar-refractivity contribution < 1.29 is 9.32 Å². The van der Waals surface area contributed by atoms with Crippen LogP contribution < -0.4 is 0 Å². The molecule has 0 bridgehead atoms. The van der Waals surface area contributed by atoms with Gasteiger partial charge in [-0.15, -0.1) is 0 Å². The van der Waals surface area contributed by atoms with Gasteiger partial charge in [-0.2, -0.15) is 0 Å². The highest BCUT2D eigenvalue weighted by Gasteiger charge is 2.17. The van der Waals surface area contributed by atoms with E-state index < -0.39 is 16.9 Å². The molecule has 0 amide bonds. The first-order valence-corrected chi connectivity index (χ1v) is 8.20. The zero-order valence-corrected chi connectivity index (χ0v) is 13.1. The first kappa shape index (κ1) is 15.7. The fourth-order valence-corrected chi connectivity index (χ4v) is 3.30. The summed E-state index contributed by atoms with van der Waals surface area (Å²) in [4.78, 5) is 1.27. The molecule has 0 aromatic heterocycles. The third-order valence-corrected chi connectivity index (χ3v) is 4.79. The van der Waals surface area contributed by atoms with Crippen LogP contribution in [0.5, 0.6) is 0 Å². The monoisotopic (exact) mass is 300 g/mol. The third-order valence-electron chi connectivity index (χ3n) is 3.27. The highest BCUT2D eigenvalue weighted by Crippen LogP contribution is 2.22. The van der Waals surface area contributed by atoms with Crippen molar-refractivity contribution in [1.82, 2.24) is 0 Å². The summed E-state index contributed by atoms with van der Waals surface area (Å²) in [6.45, 7) is 3.88. The molecule has 2 nitrogen and oxygen atoms in total. The van der Waals surface area contributed by atoms with Gasteiger partial charge in [0.1, 0.15) is 0 Å². The molecule has 110 valence electrons. The molecule has 0 radical (unpaired) electrons. The van der Waals surface area contributed by atoms with Gasteiger partial charge in [-0.1, -0.05) is 55.0 Å². The molecular formula is C18H20O2S. The van der Waals surface area contributed by atoms with Crippen molar-refractivity contribution in [3.05, 3.63) is 70.6 Å². The van der Waals surface area contributed by atoms with E-state index in [-0.39, 0.29) is 0 Å². The minimum Gasteiger partial charge on any atom is -0.388 e. The molecule has 2 aromatic rings. The van der Waals surface area contributed by atoms with Gasteiger partial charge in [0.05, 0.1) is 21.8 Å². The Bertz CT molecular complexity index is 630. The van der Waals surface area contributed by atoms with Crippen LogP contribution in [0.15, 0.2) is 64.4 Å². The van der Waals surface area contributed by atoms with Gasteiger partial charge >= 0.3 is 0 Å². The third kappa shape index (κ3) is 4.13. The fraction of sp³-hybridized carbons (Fsp3) is 0.222. The molecule has 0 aliphatic heterocycles. The predicted molar refractivity (Wildman–Crippen MR) is 88.3 cm³/mol. The standard InChI is InChI=1S/C18H20O2S/c1-3-17(19)18(13-15-7-5-4-6-8-15)21(20)16-11-9-14(2)10-12-16/h4-13,17,19H,3H2,1-2H3/b18-13-/t17-,21-/m0/s1. The molecule has 0 fully saturated rings. The van der Waals surface area contributed by atoms with E-state index in [1.54, 1.807) is 0 Å². The maximum Gasteiger partial charge on any atom is 0.0874 e. The molecular weight excluding hydrogens is 280 g/mol. The second kappa shape index (κ2) is 7.34. The Labute approximate surface area is 128 Å². The molecule has 2 aromatic carbocycles. The highest BCUT2D eigenvalue weighted by atomic mass is 32.2. The molecule has 0 saturated carbocycles. The molecule has 0 heterocycles. The van der Waals surface area contributed by atoms with Crippen LogP contribution in [0.2, 0.25) is 0 Å². The van der Waals surface area contributed by atoms with Crippen LogP contribution in [-0.4, -0.2) is 15.4 Å². The van der Waals surface area contributed by atoms with Crippen LogP contribution in [0.1, 0.15) is 24.5 Å². The van der Waals surface area contributed by atoms with Crippen molar-refractivity contribution in [1.29, 1.82) is 0 Å². The van der Waals surface area contributed by atoms with Crippen molar-refractivity contribution in [2.45, 2.75) is 31.3 Å². The lowest BCUT2D eigenvalue weighted by atomic mass is 10.1. The van der Waals surface area contributed by atoms with Gasteiger partial charge in [-0.3, -0.25) is 0 Å². The van der Waals surface area contributed by atoms with Gasteiger partial charge in [0, 0.05) is 4.90 Å². The lowest BCUT2D eigenvalue weighted by Gasteiger charge is -2.13. The van der Waals surface area contributed by atoms with Gasteiger partial charge in [0.2, 0.25) is 0 Å². The number of aliphatic hydroxyl groups is 1. The number of hydrogen-bond acceptors (Lipinski definition) is 2. The fourth-order valence-electron chi connectivity index (χ4n) is 1.99. The average Bonchev–Trinajstić information content (AvgIpc) is 2.53. The molecule has 2 atom stereocenters. The lowest BCUT2D eigenvalue weighted by molar-refractivity contribution is 0.215. The van der Waals surface area contributed by atoms with Crippen molar-refractivity contribution in [2.24, 2.45) is 0 Å². The summed E-state index contributed by atoms with van der Waals surface area (Å²) in [6.07, 6.45) is 1.66. The average molecular weight is 300 g/mol. The van der Waals surface area contributed by atoms with E-state index in [0.29, 0.717) is 11.3 Å². The first-order chi connectivity index (χ1) is 10.1. The van der Waals surface area contributed by atoms with E-state index in [0.717, 1.165) is 16.0 Å². The molecule has 0 aliphatic rings. The van der Waals surface area contributed by atoms with Crippen LogP contribution in [0.4, 0.5) is 0 Å². The number of rotatable bonds is 5. The van der Waals surface area contributed by atoms with E-state index >= 15 is 0 Å². The molecule has 0 unspecified atom stereocenters. The van der Waals surface area contributed by atoms with Crippen LogP contribution in [0.25, 0.3) is 6.08 Å². The summed E-state index contributed by atoms with van der Waals surface area (Å²) < 4.78 is 12.7. The summed E-state index contributed by atoms with van der Waals surface area (Å²) in [5.41, 5.74) is 2.07. The van der Waals surface area contributed by atoms with Crippen molar-refractivity contribution in [3.63, 3.8) is 0 Å². The normalized spacial score (nSPS) is 14.7. The van der Waals surface area contributed by atoms with Gasteiger partial charge in [0.15, 0.2) is 0 Å². The zero-order valence-electron chi connectivity index (χ0n) is 12.3. The van der Waals surface area contributed by atoms with Gasteiger partial charge in [0.25, 0.3) is 0 Å². The quantitative estimate of drug-likeness (QED) is 0.909. The van der Waals surface area contributed by atoms with Crippen LogP contribution in [-0.2, 0) is 10.8 Å². The largest absolute Gasteiger partial charge is 0.388 e. The Morgan fingerprint density at radius 1 is 1.14 bits per heavy atom. The Morgan fingerprint density at radius 3 is 2.33 bits per heavy atom. The molecule has 0 saturated heterocycles. The summed E-state index contributed by atoms with van der Waals surface area (Å²) in [5, 5.41) is 10.2. The maximum atomic E-state index is 12.7. The molecule has 2 rings (SSSR count). The van der Waals surface area contributed by atoms with Crippen LogP contribution in [0.3, 0.4) is 0 Å². The van der Waals surface area contributed by atoms with Crippen molar-refractivity contribution in [2.75, 3.05) is 0 Å². The topological polar surface area (TPSA) is 37.3 Å². The van der Waals surface area contributed by atoms with E-state index in [2.05, 4.69) is 0 Å². The van der Waals surface area contributed by atoms with E-state index in [4.69, 9.17) is 0 Å². The number of benzene rings is 2. The molecule has 3 heteroatoms. The molecule has 21 heavy (non-hydrogen) atoms. The van der Waals surface area contributed by atoms with E-state index in [1.165, 1.54) is 0 Å². The highest BCUT2D eigenvalue weighted by molar-refractivity contribution is 7.89. The predicted octanol–water partition coefficient (Wildman–Crippen LogP) is 3.91. The van der Waals surface area contributed by atoms with Crippen molar-refractivity contribution in [3.8, 4) is 0 Å². The SMILES string of the molecule is CC[C@H](O)/C(=C/c1ccccc1)[S@@](=O)c1ccc(C)cc1. The Balaban J connectivity index is 2.39. The smallest absolute Gasteiger partial charge is 0.0874 e. The summed E-state index contributed by atoms with van der Waals surface area (Å²) >= 11 is 0. The van der Waals surface area contributed by atoms with E-state index in [1.807, 2.05) is 74.5 Å². The number of aliphatic hydroxyl groups excluding tert-OH is 1. The molecule has 0 aliphatic carbocycles. The molecule has 1 N–H and O–H groups in total. The zero-order chi connectivity index (χ0) is 15.2. The number of aryl methyl sites for hydroxylation is 1. The minimum atomic E-state index is -1.35.